The summed E-state index contributed by atoms with van der Waals surface area (Å²) < 4.78 is 0. The molecule has 1 aromatic rings. The molecule has 2 rings (SSSR count). The molecular formula is C13H14N4O3. The van der Waals surface area contributed by atoms with Gasteiger partial charge in [0.05, 0.1) is 11.5 Å². The van der Waals surface area contributed by atoms with Crippen LogP contribution in [0.4, 0.5) is 11.4 Å². The van der Waals surface area contributed by atoms with Crippen molar-refractivity contribution in [3.63, 3.8) is 0 Å². The van der Waals surface area contributed by atoms with Crippen molar-refractivity contribution in [1.29, 1.82) is 5.26 Å². The molecule has 1 saturated heterocycles. The van der Waals surface area contributed by atoms with E-state index in [1.807, 2.05) is 0 Å². The topological polar surface area (TPSA) is 99.3 Å². The molecule has 1 aliphatic heterocycles. The van der Waals surface area contributed by atoms with E-state index in [9.17, 15) is 14.9 Å². The average molecular weight is 274 g/mol. The van der Waals surface area contributed by atoms with Gasteiger partial charge in [0.2, 0.25) is 5.91 Å². The van der Waals surface area contributed by atoms with E-state index in [1.165, 1.54) is 12.1 Å². The lowest BCUT2D eigenvalue weighted by Gasteiger charge is -2.16. The number of carbonyl (C=O) groups is 1. The number of likely N-dealkylation sites (tertiary alicyclic amines) is 1. The number of nitrogens with zero attached hydrogens (tertiary/aromatic N) is 3. The quantitative estimate of drug-likeness (QED) is 0.662. The predicted octanol–water partition coefficient (Wildman–Crippen LogP) is 1.50. The first kappa shape index (κ1) is 13.8. The Hall–Kier alpha value is -2.62. The van der Waals surface area contributed by atoms with Gasteiger partial charge in [-0.15, -0.1) is 0 Å². The standard InChI is InChI=1S/C13H14N4O3/c14-8-10-4-3-5-11(13(10)17(19)20)15-9-12(18)16-6-1-2-7-16/h3-5,15H,1-2,6-7,9H2. The number of nitro benzene ring substituents is 1. The second-order valence-electron chi connectivity index (χ2n) is 4.51. The fraction of sp³-hybridized carbons (Fsp3) is 0.385. The minimum Gasteiger partial charge on any atom is -0.371 e. The molecular weight excluding hydrogens is 260 g/mol. The summed E-state index contributed by atoms with van der Waals surface area (Å²) in [6.07, 6.45) is 1.99. The lowest BCUT2D eigenvalue weighted by atomic mass is 10.1. The van der Waals surface area contributed by atoms with Gasteiger partial charge in [0.1, 0.15) is 17.3 Å². The van der Waals surface area contributed by atoms with Crippen LogP contribution in [0.1, 0.15) is 18.4 Å². The number of nitro groups is 1. The molecule has 0 saturated carbocycles. The van der Waals surface area contributed by atoms with E-state index >= 15 is 0 Å². The molecule has 0 spiro atoms. The van der Waals surface area contributed by atoms with Crippen molar-refractivity contribution < 1.29 is 9.72 Å². The molecule has 0 radical (unpaired) electrons. The number of hydrogen-bond acceptors (Lipinski definition) is 5. The lowest BCUT2D eigenvalue weighted by molar-refractivity contribution is -0.384. The number of para-hydroxylation sites is 1. The van der Waals surface area contributed by atoms with Crippen molar-refractivity contribution in [3.8, 4) is 6.07 Å². The van der Waals surface area contributed by atoms with E-state index in [1.54, 1.807) is 17.0 Å². The molecule has 104 valence electrons. The molecule has 7 heteroatoms. The highest BCUT2D eigenvalue weighted by Crippen LogP contribution is 2.27. The molecule has 1 heterocycles. The van der Waals surface area contributed by atoms with E-state index in [0.717, 1.165) is 25.9 Å². The number of hydrogen-bond donors (Lipinski definition) is 1. The first-order valence-corrected chi connectivity index (χ1v) is 6.32. The Bertz CT molecular complexity index is 573. The SMILES string of the molecule is N#Cc1cccc(NCC(=O)N2CCCC2)c1[N+](=O)[O-]. The van der Waals surface area contributed by atoms with Gasteiger partial charge in [0.25, 0.3) is 0 Å². The van der Waals surface area contributed by atoms with Crippen LogP contribution >= 0.6 is 0 Å². The van der Waals surface area contributed by atoms with Gasteiger partial charge < -0.3 is 10.2 Å². The Balaban J connectivity index is 2.11. The van der Waals surface area contributed by atoms with Crippen molar-refractivity contribution in [1.82, 2.24) is 4.90 Å². The molecule has 0 atom stereocenters. The Labute approximate surface area is 115 Å². The van der Waals surface area contributed by atoms with Crippen molar-refractivity contribution in [2.45, 2.75) is 12.8 Å². The van der Waals surface area contributed by atoms with E-state index in [2.05, 4.69) is 5.32 Å². The van der Waals surface area contributed by atoms with Crippen LogP contribution < -0.4 is 5.32 Å². The zero-order valence-electron chi connectivity index (χ0n) is 10.8. The van der Waals surface area contributed by atoms with Crippen LogP contribution in [0.2, 0.25) is 0 Å². The summed E-state index contributed by atoms with van der Waals surface area (Å²) in [5.74, 6) is -0.0841. The van der Waals surface area contributed by atoms with Gasteiger partial charge in [-0.1, -0.05) is 6.07 Å². The third kappa shape index (κ3) is 2.85. The van der Waals surface area contributed by atoms with Crippen LogP contribution in [0.15, 0.2) is 18.2 Å². The fourth-order valence-electron chi connectivity index (χ4n) is 2.22. The van der Waals surface area contributed by atoms with Crippen LogP contribution in [-0.4, -0.2) is 35.4 Å². The predicted molar refractivity (Wildman–Crippen MR) is 72.1 cm³/mol. The van der Waals surface area contributed by atoms with Gasteiger partial charge in [0.15, 0.2) is 0 Å². The molecule has 0 aliphatic carbocycles. The van der Waals surface area contributed by atoms with Gasteiger partial charge in [0, 0.05) is 13.1 Å². The molecule has 1 aromatic carbocycles. The third-order valence-corrected chi connectivity index (χ3v) is 3.23. The van der Waals surface area contributed by atoms with Crippen LogP contribution in [0, 0.1) is 21.4 Å². The maximum absolute atomic E-state index is 11.9. The third-order valence-electron chi connectivity index (χ3n) is 3.23. The maximum atomic E-state index is 11.9. The zero-order valence-corrected chi connectivity index (χ0v) is 10.8. The van der Waals surface area contributed by atoms with Crippen LogP contribution in [0.3, 0.4) is 0 Å². The second kappa shape index (κ2) is 6.02. The highest BCUT2D eigenvalue weighted by Gasteiger charge is 2.22. The smallest absolute Gasteiger partial charge is 0.309 e. The number of nitrogens with one attached hydrogen (secondary N) is 1. The summed E-state index contributed by atoms with van der Waals surface area (Å²) in [7, 11) is 0. The summed E-state index contributed by atoms with van der Waals surface area (Å²) in [6.45, 7) is 1.47. The number of nitriles is 1. The highest BCUT2D eigenvalue weighted by atomic mass is 16.6. The first-order chi connectivity index (χ1) is 9.63. The van der Waals surface area contributed by atoms with Crippen LogP contribution in [0.25, 0.3) is 0 Å². The molecule has 1 N–H and O–H groups in total. The minimum atomic E-state index is -0.610. The van der Waals surface area contributed by atoms with Gasteiger partial charge >= 0.3 is 5.69 Å². The molecule has 0 unspecified atom stereocenters. The Morgan fingerprint density at radius 1 is 1.45 bits per heavy atom. The largest absolute Gasteiger partial charge is 0.371 e. The van der Waals surface area contributed by atoms with E-state index < -0.39 is 4.92 Å². The Morgan fingerprint density at radius 2 is 2.15 bits per heavy atom. The maximum Gasteiger partial charge on any atom is 0.309 e. The molecule has 0 bridgehead atoms. The summed E-state index contributed by atoms with van der Waals surface area (Å²) in [5, 5.41) is 22.7. The molecule has 0 aromatic heterocycles. The molecule has 1 aliphatic rings. The normalized spacial score (nSPS) is 13.8. The number of benzene rings is 1. The average Bonchev–Trinajstić information content (AvgIpc) is 2.98. The van der Waals surface area contributed by atoms with Crippen LogP contribution in [-0.2, 0) is 4.79 Å². The van der Waals surface area contributed by atoms with Gasteiger partial charge in [-0.2, -0.15) is 5.26 Å². The number of amides is 1. The number of rotatable bonds is 4. The lowest BCUT2D eigenvalue weighted by Crippen LogP contribution is -2.33. The molecule has 20 heavy (non-hydrogen) atoms. The first-order valence-electron chi connectivity index (χ1n) is 6.32. The van der Waals surface area contributed by atoms with Crippen molar-refractivity contribution in [2.75, 3.05) is 25.0 Å². The second-order valence-corrected chi connectivity index (χ2v) is 4.51. The van der Waals surface area contributed by atoms with E-state index in [-0.39, 0.29) is 29.4 Å². The summed E-state index contributed by atoms with van der Waals surface area (Å²) >= 11 is 0. The molecule has 1 fully saturated rings. The Kier molecular flexibility index (Phi) is 4.15. The summed E-state index contributed by atoms with van der Waals surface area (Å²) in [5.41, 5.74) is -0.112. The van der Waals surface area contributed by atoms with Crippen molar-refractivity contribution in [3.05, 3.63) is 33.9 Å². The number of anilines is 1. The fourth-order valence-corrected chi connectivity index (χ4v) is 2.22. The monoisotopic (exact) mass is 274 g/mol. The van der Waals surface area contributed by atoms with Gasteiger partial charge in [-0.05, 0) is 25.0 Å². The number of carbonyl (C=O) groups excluding carboxylic acids is 1. The van der Waals surface area contributed by atoms with E-state index in [0.29, 0.717) is 0 Å². The minimum absolute atomic E-state index is 0.00424. The Morgan fingerprint density at radius 3 is 2.75 bits per heavy atom. The van der Waals surface area contributed by atoms with Gasteiger partial charge in [-0.3, -0.25) is 14.9 Å². The summed E-state index contributed by atoms with van der Waals surface area (Å²) in [6, 6.07) is 6.21. The van der Waals surface area contributed by atoms with Crippen molar-refractivity contribution in [2.24, 2.45) is 0 Å². The van der Waals surface area contributed by atoms with Crippen LogP contribution in [0.5, 0.6) is 0 Å². The van der Waals surface area contributed by atoms with Crippen molar-refractivity contribution >= 4 is 17.3 Å². The summed E-state index contributed by atoms with van der Waals surface area (Å²) in [4.78, 5) is 24.0. The molecule has 1 amide bonds. The zero-order chi connectivity index (χ0) is 14.5. The highest BCUT2D eigenvalue weighted by molar-refractivity contribution is 5.82. The van der Waals surface area contributed by atoms with Gasteiger partial charge in [-0.25, -0.2) is 0 Å². The van der Waals surface area contributed by atoms with E-state index in [4.69, 9.17) is 5.26 Å². The molecule has 7 nitrogen and oxygen atoms in total.